The lowest BCUT2D eigenvalue weighted by atomic mass is 10.3. The van der Waals surface area contributed by atoms with Crippen LogP contribution in [0.4, 0.5) is 0 Å². The van der Waals surface area contributed by atoms with E-state index in [9.17, 15) is 18.0 Å². The molecule has 0 aliphatic carbocycles. The van der Waals surface area contributed by atoms with E-state index in [4.69, 9.17) is 9.84 Å². The number of hydrogen-bond acceptors (Lipinski definition) is 6. The second kappa shape index (κ2) is 7.50. The van der Waals surface area contributed by atoms with Gasteiger partial charge in [0, 0.05) is 19.0 Å². The summed E-state index contributed by atoms with van der Waals surface area (Å²) >= 11 is 0.777. The number of methoxy groups -OCH3 is 1. The number of sulfonamides is 1. The monoisotopic (exact) mass is 336 g/mol. The van der Waals surface area contributed by atoms with Crippen molar-refractivity contribution in [3.8, 4) is 0 Å². The van der Waals surface area contributed by atoms with Gasteiger partial charge < -0.3 is 15.2 Å². The normalized spacial score (nSPS) is 12.9. The number of thiophene rings is 1. The lowest BCUT2D eigenvalue weighted by molar-refractivity contribution is -0.122. The summed E-state index contributed by atoms with van der Waals surface area (Å²) in [6, 6.07) is 0.0625. The van der Waals surface area contributed by atoms with E-state index in [0.717, 1.165) is 17.4 Å². The van der Waals surface area contributed by atoms with E-state index < -0.39 is 27.9 Å². The number of carboxylic acid groups (broad SMARTS) is 1. The fraction of sp³-hybridized carbons (Fsp3) is 0.455. The molecule has 1 heterocycles. The van der Waals surface area contributed by atoms with Gasteiger partial charge in [-0.05, 0) is 13.0 Å². The molecule has 118 valence electrons. The van der Waals surface area contributed by atoms with Gasteiger partial charge in [-0.3, -0.25) is 4.79 Å². The van der Waals surface area contributed by atoms with Crippen molar-refractivity contribution in [1.82, 2.24) is 10.0 Å². The Kier molecular flexibility index (Phi) is 6.27. The van der Waals surface area contributed by atoms with Crippen molar-refractivity contribution in [3.63, 3.8) is 0 Å². The first kappa shape index (κ1) is 17.6. The zero-order valence-corrected chi connectivity index (χ0v) is 13.1. The quantitative estimate of drug-likeness (QED) is 0.569. The standard InChI is InChI=1S/C11H16N2O6S2/c1-7(10(14)12-3-4-19-2)13-21(17,18)9-5-8(6-20-9)11(15)16/h5-7,13H,3-4H2,1-2H3,(H,12,14)(H,15,16). The third-order valence-electron chi connectivity index (χ3n) is 2.42. The van der Waals surface area contributed by atoms with Gasteiger partial charge in [0.1, 0.15) is 4.21 Å². The summed E-state index contributed by atoms with van der Waals surface area (Å²) in [5.74, 6) is -1.70. The van der Waals surface area contributed by atoms with Gasteiger partial charge in [0.2, 0.25) is 5.91 Å². The summed E-state index contributed by atoms with van der Waals surface area (Å²) in [4.78, 5) is 22.4. The van der Waals surface area contributed by atoms with Crippen LogP contribution in [0.5, 0.6) is 0 Å². The first-order valence-electron chi connectivity index (χ1n) is 5.88. The molecule has 0 saturated carbocycles. The molecule has 0 aromatic carbocycles. The molecule has 0 fully saturated rings. The average Bonchev–Trinajstić information content (AvgIpc) is 2.88. The number of carbonyl (C=O) groups excluding carboxylic acids is 1. The SMILES string of the molecule is COCCNC(=O)C(C)NS(=O)(=O)c1cc(C(=O)O)cs1. The van der Waals surface area contributed by atoms with Crippen LogP contribution < -0.4 is 10.0 Å². The second-order valence-corrected chi connectivity index (χ2v) is 6.94. The summed E-state index contributed by atoms with van der Waals surface area (Å²) in [6.07, 6.45) is 0. The Labute approximate surface area is 126 Å². The topological polar surface area (TPSA) is 122 Å². The Bertz CT molecular complexity index is 610. The van der Waals surface area contributed by atoms with Crippen molar-refractivity contribution < 1.29 is 27.9 Å². The average molecular weight is 336 g/mol. The van der Waals surface area contributed by atoms with Crippen LogP contribution in [-0.2, 0) is 19.6 Å². The fourth-order valence-corrected chi connectivity index (χ4v) is 3.72. The van der Waals surface area contributed by atoms with Crippen molar-refractivity contribution in [2.24, 2.45) is 0 Å². The molecule has 0 saturated heterocycles. The summed E-state index contributed by atoms with van der Waals surface area (Å²) in [5, 5.41) is 12.5. The highest BCUT2D eigenvalue weighted by Crippen LogP contribution is 2.20. The van der Waals surface area contributed by atoms with Crippen molar-refractivity contribution in [1.29, 1.82) is 0 Å². The smallest absolute Gasteiger partial charge is 0.336 e. The van der Waals surface area contributed by atoms with Gasteiger partial charge >= 0.3 is 5.97 Å². The van der Waals surface area contributed by atoms with Gasteiger partial charge in [0.15, 0.2) is 0 Å². The number of amides is 1. The molecule has 8 nitrogen and oxygen atoms in total. The van der Waals surface area contributed by atoms with E-state index in [0.29, 0.717) is 6.61 Å². The molecule has 1 unspecified atom stereocenters. The number of aromatic carboxylic acids is 1. The first-order valence-corrected chi connectivity index (χ1v) is 8.25. The highest BCUT2D eigenvalue weighted by Gasteiger charge is 2.24. The van der Waals surface area contributed by atoms with Crippen LogP contribution in [0.3, 0.4) is 0 Å². The molecular formula is C11H16N2O6S2. The molecule has 1 atom stereocenters. The van der Waals surface area contributed by atoms with Crippen LogP contribution in [0.2, 0.25) is 0 Å². The van der Waals surface area contributed by atoms with Crippen LogP contribution >= 0.6 is 11.3 Å². The molecule has 1 aromatic heterocycles. The highest BCUT2D eigenvalue weighted by atomic mass is 32.2. The van der Waals surface area contributed by atoms with E-state index in [1.54, 1.807) is 0 Å². The Hall–Kier alpha value is -1.49. The molecule has 0 spiro atoms. The molecule has 21 heavy (non-hydrogen) atoms. The summed E-state index contributed by atoms with van der Waals surface area (Å²) in [5.41, 5.74) is -0.113. The molecule has 0 radical (unpaired) electrons. The Morgan fingerprint density at radius 3 is 2.67 bits per heavy atom. The Balaban J connectivity index is 2.70. The van der Waals surface area contributed by atoms with Gasteiger partial charge in [-0.1, -0.05) is 0 Å². The van der Waals surface area contributed by atoms with E-state index >= 15 is 0 Å². The third kappa shape index (κ3) is 5.08. The van der Waals surface area contributed by atoms with Crippen LogP contribution in [0.1, 0.15) is 17.3 Å². The minimum atomic E-state index is -3.93. The molecule has 0 bridgehead atoms. The van der Waals surface area contributed by atoms with E-state index in [-0.39, 0.29) is 16.3 Å². The molecule has 0 aliphatic heterocycles. The predicted molar refractivity (Wildman–Crippen MR) is 75.9 cm³/mol. The maximum Gasteiger partial charge on any atom is 0.336 e. The first-order chi connectivity index (χ1) is 9.77. The maximum atomic E-state index is 12.0. The number of nitrogens with one attached hydrogen (secondary N) is 2. The number of carbonyl (C=O) groups is 2. The van der Waals surface area contributed by atoms with Gasteiger partial charge in [0.25, 0.3) is 10.0 Å². The number of hydrogen-bond donors (Lipinski definition) is 3. The molecule has 1 aromatic rings. The lowest BCUT2D eigenvalue weighted by Crippen LogP contribution is -2.45. The summed E-state index contributed by atoms with van der Waals surface area (Å²) in [7, 11) is -2.45. The number of ether oxygens (including phenoxy) is 1. The molecular weight excluding hydrogens is 320 g/mol. The third-order valence-corrected chi connectivity index (χ3v) is 5.40. The Morgan fingerprint density at radius 1 is 1.48 bits per heavy atom. The fourth-order valence-electron chi connectivity index (χ4n) is 1.34. The second-order valence-electron chi connectivity index (χ2n) is 4.09. The van der Waals surface area contributed by atoms with Gasteiger partial charge in [-0.25, -0.2) is 13.2 Å². The highest BCUT2D eigenvalue weighted by molar-refractivity contribution is 7.91. The van der Waals surface area contributed by atoms with Crippen LogP contribution in [0, 0.1) is 0 Å². The van der Waals surface area contributed by atoms with E-state index in [2.05, 4.69) is 10.0 Å². The Morgan fingerprint density at radius 2 is 2.14 bits per heavy atom. The van der Waals surface area contributed by atoms with E-state index in [1.165, 1.54) is 19.4 Å². The van der Waals surface area contributed by atoms with Crippen LogP contribution in [0.25, 0.3) is 0 Å². The van der Waals surface area contributed by atoms with Crippen LogP contribution in [-0.4, -0.2) is 51.7 Å². The van der Waals surface area contributed by atoms with Gasteiger partial charge in [-0.15, -0.1) is 11.3 Å². The molecule has 1 amide bonds. The predicted octanol–water partition coefficient (Wildman–Crippen LogP) is -0.124. The maximum absolute atomic E-state index is 12.0. The minimum Gasteiger partial charge on any atom is -0.478 e. The summed E-state index contributed by atoms with van der Waals surface area (Å²) in [6.45, 7) is 1.98. The van der Waals surface area contributed by atoms with Crippen molar-refractivity contribution in [2.45, 2.75) is 17.2 Å². The van der Waals surface area contributed by atoms with Crippen molar-refractivity contribution in [3.05, 3.63) is 17.0 Å². The minimum absolute atomic E-state index is 0.113. The van der Waals surface area contributed by atoms with Crippen molar-refractivity contribution in [2.75, 3.05) is 20.3 Å². The van der Waals surface area contributed by atoms with E-state index in [1.807, 2.05) is 0 Å². The number of rotatable bonds is 8. The molecule has 1 rings (SSSR count). The zero-order valence-electron chi connectivity index (χ0n) is 11.5. The van der Waals surface area contributed by atoms with Crippen LogP contribution in [0.15, 0.2) is 15.7 Å². The number of carboxylic acids is 1. The molecule has 10 heteroatoms. The van der Waals surface area contributed by atoms with Crippen molar-refractivity contribution >= 4 is 33.2 Å². The van der Waals surface area contributed by atoms with Gasteiger partial charge in [0.05, 0.1) is 18.2 Å². The van der Waals surface area contributed by atoms with Gasteiger partial charge in [-0.2, -0.15) is 4.72 Å². The lowest BCUT2D eigenvalue weighted by Gasteiger charge is -2.13. The molecule has 0 aliphatic rings. The molecule has 3 N–H and O–H groups in total. The largest absolute Gasteiger partial charge is 0.478 e. The zero-order chi connectivity index (χ0) is 16.0. The summed E-state index contributed by atoms with van der Waals surface area (Å²) < 4.78 is 30.8.